The maximum atomic E-state index is 14.0. The van der Waals surface area contributed by atoms with Crippen LogP contribution in [0.5, 0.6) is 5.75 Å². The first kappa shape index (κ1) is 26.2. The number of amides is 2. The van der Waals surface area contributed by atoms with Crippen LogP contribution in [-0.2, 0) is 27.4 Å². The Hall–Kier alpha value is -2.46. The fourth-order valence-electron chi connectivity index (χ4n) is 6.01. The maximum Gasteiger partial charge on any atom is 0.307 e. The molecule has 8 nitrogen and oxygen atoms in total. The van der Waals surface area contributed by atoms with Crippen molar-refractivity contribution in [2.45, 2.75) is 64.5 Å². The number of hydrogen-bond donors (Lipinski definition) is 1. The highest BCUT2D eigenvalue weighted by Gasteiger charge is 2.43. The minimum absolute atomic E-state index is 0.0938. The van der Waals surface area contributed by atoms with Crippen molar-refractivity contribution in [1.29, 1.82) is 0 Å². The quantitative estimate of drug-likeness (QED) is 0.501. The van der Waals surface area contributed by atoms with Gasteiger partial charge < -0.3 is 19.6 Å². The van der Waals surface area contributed by atoms with Crippen molar-refractivity contribution in [3.8, 4) is 5.75 Å². The number of rotatable bonds is 7. The molecule has 198 valence electrons. The van der Waals surface area contributed by atoms with Crippen molar-refractivity contribution in [2.24, 2.45) is 11.8 Å². The number of halogens is 1. The normalized spacial score (nSPS) is 23.7. The largest absolute Gasteiger partial charge is 0.486 e. The van der Waals surface area contributed by atoms with Gasteiger partial charge in [0, 0.05) is 47.2 Å². The van der Waals surface area contributed by atoms with E-state index >= 15 is 0 Å². The van der Waals surface area contributed by atoms with Gasteiger partial charge in [0.15, 0.2) is 0 Å². The summed E-state index contributed by atoms with van der Waals surface area (Å²) < 4.78 is 7.25. The number of likely N-dealkylation sites (tertiary alicyclic amines) is 1. The van der Waals surface area contributed by atoms with Gasteiger partial charge in [-0.1, -0.05) is 28.8 Å². The zero-order chi connectivity index (χ0) is 26.1. The Kier molecular flexibility index (Phi) is 7.85. The highest BCUT2D eigenvalue weighted by atomic mass is 79.9. The second-order valence-corrected chi connectivity index (χ2v) is 12.3. The van der Waals surface area contributed by atoms with Crippen LogP contribution in [0, 0.1) is 18.8 Å². The molecule has 37 heavy (non-hydrogen) atoms. The molecule has 5 rings (SSSR count). The standard InChI is InChI=1S/C27H32BrN3O5S/c1-16-13-29-23(37-16)15-36-22-9-8-20(28)19-10-12-31(21(25(19)22)14-30-11-4-7-24(30)32)26(33)17-5-2-3-6-18(17)27(34)35/h8-9,13,17-18,21H,2-7,10-12,14-15H2,1H3,(H,34,35). The Labute approximate surface area is 229 Å². The zero-order valence-electron chi connectivity index (χ0n) is 21.0. The summed E-state index contributed by atoms with van der Waals surface area (Å²) in [6.45, 7) is 3.85. The highest BCUT2D eigenvalue weighted by molar-refractivity contribution is 9.10. The Morgan fingerprint density at radius 1 is 1.16 bits per heavy atom. The van der Waals surface area contributed by atoms with Gasteiger partial charge in [-0.2, -0.15) is 0 Å². The first-order valence-corrected chi connectivity index (χ1v) is 14.6. The molecule has 3 atom stereocenters. The number of carbonyl (C=O) groups is 3. The smallest absolute Gasteiger partial charge is 0.307 e. The number of hydrogen-bond acceptors (Lipinski definition) is 6. The van der Waals surface area contributed by atoms with E-state index in [-0.39, 0.29) is 11.8 Å². The molecule has 1 aromatic carbocycles. The molecule has 1 N–H and O–H groups in total. The lowest BCUT2D eigenvalue weighted by molar-refractivity contribution is -0.154. The Morgan fingerprint density at radius 2 is 1.95 bits per heavy atom. The second kappa shape index (κ2) is 11.1. The van der Waals surface area contributed by atoms with E-state index in [1.165, 1.54) is 0 Å². The predicted molar refractivity (Wildman–Crippen MR) is 142 cm³/mol. The number of carbonyl (C=O) groups excluding carboxylic acids is 2. The number of benzene rings is 1. The average molecular weight is 591 g/mol. The van der Waals surface area contributed by atoms with E-state index in [0.29, 0.717) is 57.7 Å². The number of aryl methyl sites for hydroxylation is 1. The van der Waals surface area contributed by atoms with Crippen LogP contribution in [0.15, 0.2) is 22.8 Å². The van der Waals surface area contributed by atoms with Gasteiger partial charge >= 0.3 is 5.97 Å². The van der Waals surface area contributed by atoms with E-state index in [1.54, 1.807) is 11.3 Å². The molecule has 3 aliphatic rings. The summed E-state index contributed by atoms with van der Waals surface area (Å²) in [6.07, 6.45) is 6.57. The molecule has 1 saturated heterocycles. The number of thiazole rings is 1. The van der Waals surface area contributed by atoms with Gasteiger partial charge in [0.2, 0.25) is 11.8 Å². The Bertz CT molecular complexity index is 1200. The van der Waals surface area contributed by atoms with E-state index in [1.807, 2.05) is 35.1 Å². The van der Waals surface area contributed by atoms with Gasteiger partial charge in [-0.05, 0) is 50.3 Å². The van der Waals surface area contributed by atoms with Crippen LogP contribution in [-0.4, -0.2) is 57.3 Å². The number of aliphatic carboxylic acids is 1. The van der Waals surface area contributed by atoms with Gasteiger partial charge in [0.25, 0.3) is 0 Å². The highest BCUT2D eigenvalue weighted by Crippen LogP contribution is 2.43. The molecule has 0 spiro atoms. The summed E-state index contributed by atoms with van der Waals surface area (Å²) in [5, 5.41) is 10.7. The molecule has 2 amide bonds. The number of fused-ring (bicyclic) bond motifs is 1. The first-order valence-electron chi connectivity index (χ1n) is 13.0. The first-order chi connectivity index (χ1) is 17.8. The molecule has 2 fully saturated rings. The third-order valence-electron chi connectivity index (χ3n) is 7.84. The SMILES string of the molecule is Cc1cnc(COc2ccc(Br)c3c2C(CN2CCCC2=O)N(C(=O)C2CCCCC2C(=O)O)CC3)s1. The average Bonchev–Trinajstić information content (AvgIpc) is 3.50. The van der Waals surface area contributed by atoms with Gasteiger partial charge in [0.05, 0.1) is 17.9 Å². The minimum Gasteiger partial charge on any atom is -0.486 e. The molecule has 2 aromatic rings. The lowest BCUT2D eigenvalue weighted by Gasteiger charge is -2.43. The van der Waals surface area contributed by atoms with Crippen LogP contribution in [0.4, 0.5) is 0 Å². The Balaban J connectivity index is 1.51. The molecule has 2 aliphatic heterocycles. The number of ether oxygens (including phenoxy) is 1. The molecule has 10 heteroatoms. The number of carboxylic acid groups (broad SMARTS) is 1. The molecule has 0 radical (unpaired) electrons. The van der Waals surface area contributed by atoms with Crippen LogP contribution in [0.3, 0.4) is 0 Å². The van der Waals surface area contributed by atoms with Gasteiger partial charge in [0.1, 0.15) is 17.4 Å². The topological polar surface area (TPSA) is 100 Å². The van der Waals surface area contributed by atoms with Crippen LogP contribution in [0.25, 0.3) is 0 Å². The molecule has 0 bridgehead atoms. The van der Waals surface area contributed by atoms with Crippen LogP contribution < -0.4 is 4.74 Å². The summed E-state index contributed by atoms with van der Waals surface area (Å²) in [5.41, 5.74) is 1.98. The van der Waals surface area contributed by atoms with E-state index in [4.69, 9.17) is 4.74 Å². The number of carboxylic acids is 1. The van der Waals surface area contributed by atoms with E-state index in [0.717, 1.165) is 44.7 Å². The fraction of sp³-hybridized carbons (Fsp3) is 0.556. The molecular weight excluding hydrogens is 558 g/mol. The van der Waals surface area contributed by atoms with E-state index in [9.17, 15) is 19.5 Å². The van der Waals surface area contributed by atoms with Crippen molar-refractivity contribution < 1.29 is 24.2 Å². The second-order valence-electron chi connectivity index (χ2n) is 10.2. The van der Waals surface area contributed by atoms with E-state index in [2.05, 4.69) is 20.9 Å². The van der Waals surface area contributed by atoms with Crippen LogP contribution in [0.2, 0.25) is 0 Å². The molecule has 1 aliphatic carbocycles. The number of nitrogens with zero attached hydrogens (tertiary/aromatic N) is 3. The van der Waals surface area contributed by atoms with Crippen LogP contribution in [0.1, 0.15) is 65.6 Å². The summed E-state index contributed by atoms with van der Waals surface area (Å²) in [6, 6.07) is 3.48. The summed E-state index contributed by atoms with van der Waals surface area (Å²) in [4.78, 5) is 47.9. The molecule has 3 heterocycles. The summed E-state index contributed by atoms with van der Waals surface area (Å²) in [7, 11) is 0. The monoisotopic (exact) mass is 589 g/mol. The van der Waals surface area contributed by atoms with Crippen molar-refractivity contribution in [3.05, 3.63) is 43.8 Å². The third kappa shape index (κ3) is 5.41. The van der Waals surface area contributed by atoms with Gasteiger partial charge in [-0.25, -0.2) is 4.98 Å². The molecule has 1 aromatic heterocycles. The van der Waals surface area contributed by atoms with E-state index < -0.39 is 23.8 Å². The van der Waals surface area contributed by atoms with Gasteiger partial charge in [-0.3, -0.25) is 14.4 Å². The lowest BCUT2D eigenvalue weighted by Crippen LogP contribution is -2.50. The molecule has 3 unspecified atom stereocenters. The van der Waals surface area contributed by atoms with Crippen molar-refractivity contribution in [1.82, 2.24) is 14.8 Å². The summed E-state index contributed by atoms with van der Waals surface area (Å²) in [5.74, 6) is -1.44. The zero-order valence-corrected chi connectivity index (χ0v) is 23.4. The predicted octanol–water partition coefficient (Wildman–Crippen LogP) is 4.73. The van der Waals surface area contributed by atoms with Gasteiger partial charge in [-0.15, -0.1) is 11.3 Å². The van der Waals surface area contributed by atoms with Crippen LogP contribution >= 0.6 is 27.3 Å². The maximum absolute atomic E-state index is 14.0. The fourth-order valence-corrected chi connectivity index (χ4v) is 7.25. The van der Waals surface area contributed by atoms with Crippen molar-refractivity contribution >= 4 is 45.1 Å². The van der Waals surface area contributed by atoms with Crippen molar-refractivity contribution in [2.75, 3.05) is 19.6 Å². The summed E-state index contributed by atoms with van der Waals surface area (Å²) >= 11 is 5.29. The lowest BCUT2D eigenvalue weighted by atomic mass is 9.77. The number of aromatic nitrogens is 1. The van der Waals surface area contributed by atoms with Crippen molar-refractivity contribution in [3.63, 3.8) is 0 Å². The Morgan fingerprint density at radius 3 is 2.62 bits per heavy atom. The third-order valence-corrected chi connectivity index (χ3v) is 9.47. The minimum atomic E-state index is -0.896. The molecular formula is C27H32BrN3O5S. The molecule has 1 saturated carbocycles.